The van der Waals surface area contributed by atoms with Gasteiger partial charge in [0.1, 0.15) is 0 Å². The molecule has 0 unspecified atom stereocenters. The van der Waals surface area contributed by atoms with Gasteiger partial charge in [0.15, 0.2) is 0 Å². The molecule has 0 amide bonds. The molecule has 0 nitrogen and oxygen atoms in total. The van der Waals surface area contributed by atoms with E-state index in [-0.39, 0.29) is 0 Å². The summed E-state index contributed by atoms with van der Waals surface area (Å²) in [6.45, 7) is 4.44. The van der Waals surface area contributed by atoms with Gasteiger partial charge in [0.2, 0.25) is 0 Å². The van der Waals surface area contributed by atoms with Crippen LogP contribution in [0, 0.1) is 13.8 Å². The fourth-order valence-electron chi connectivity index (χ4n) is 4.42. The molecule has 0 heteroatoms. The quantitative estimate of drug-likeness (QED) is 0.601. The number of hydrogen-bond acceptors (Lipinski definition) is 0. The van der Waals surface area contributed by atoms with E-state index >= 15 is 0 Å². The van der Waals surface area contributed by atoms with Crippen LogP contribution in [0.2, 0.25) is 0 Å². The smallest absolute Gasteiger partial charge is 0.0000185 e. The van der Waals surface area contributed by atoms with Gasteiger partial charge in [-0.05, 0) is 60.8 Å². The lowest BCUT2D eigenvalue weighted by atomic mass is 9.66. The maximum atomic E-state index is 2.46. The summed E-state index contributed by atoms with van der Waals surface area (Å²) in [6.07, 6.45) is 6.79. The largest absolute Gasteiger partial charge is 0.0587 e. The van der Waals surface area contributed by atoms with E-state index < -0.39 is 0 Å². The Morgan fingerprint density at radius 1 is 0.800 bits per heavy atom. The standard InChI is InChI=1S/C20H22/c1-14-5-7-17-16(11-14)13-20(9-3-4-10-20)19-12-15(2)6-8-18(17)19/h5-8,11-12H,3-4,9-10,13H2,1-2H3. The van der Waals surface area contributed by atoms with Crippen molar-refractivity contribution in [2.75, 3.05) is 0 Å². The minimum atomic E-state index is 0.433. The number of hydrogen-bond donors (Lipinski definition) is 0. The molecule has 2 aliphatic carbocycles. The Labute approximate surface area is 121 Å². The van der Waals surface area contributed by atoms with Crippen LogP contribution in [0.4, 0.5) is 0 Å². The number of benzene rings is 2. The highest BCUT2D eigenvalue weighted by molar-refractivity contribution is 5.76. The van der Waals surface area contributed by atoms with Crippen molar-refractivity contribution in [2.45, 2.75) is 51.4 Å². The van der Waals surface area contributed by atoms with Crippen molar-refractivity contribution in [3.05, 3.63) is 58.7 Å². The third kappa shape index (κ3) is 1.67. The molecule has 0 atom stereocenters. The van der Waals surface area contributed by atoms with E-state index in [2.05, 4.69) is 50.2 Å². The predicted octanol–water partition coefficient (Wildman–Crippen LogP) is 5.34. The Morgan fingerprint density at radius 2 is 1.45 bits per heavy atom. The number of aryl methyl sites for hydroxylation is 2. The summed E-state index contributed by atoms with van der Waals surface area (Å²) in [5.74, 6) is 0. The van der Waals surface area contributed by atoms with Gasteiger partial charge in [0, 0.05) is 0 Å². The number of fused-ring (bicyclic) bond motifs is 4. The van der Waals surface area contributed by atoms with Crippen molar-refractivity contribution >= 4 is 0 Å². The van der Waals surface area contributed by atoms with Gasteiger partial charge in [-0.25, -0.2) is 0 Å². The SMILES string of the molecule is Cc1ccc2c(c1)CC1(CCCC1)c1cc(C)ccc1-2. The van der Waals surface area contributed by atoms with Gasteiger partial charge in [0.05, 0.1) is 0 Å². The van der Waals surface area contributed by atoms with Crippen LogP contribution in [0.25, 0.3) is 11.1 Å². The Bertz CT molecular complexity index is 672. The molecule has 1 spiro atoms. The second kappa shape index (κ2) is 4.22. The van der Waals surface area contributed by atoms with Gasteiger partial charge in [0.25, 0.3) is 0 Å². The molecular formula is C20H22. The molecule has 0 aliphatic heterocycles. The predicted molar refractivity (Wildman–Crippen MR) is 85.2 cm³/mol. The molecule has 0 aromatic heterocycles. The second-order valence-electron chi connectivity index (χ2n) is 6.87. The molecule has 102 valence electrons. The van der Waals surface area contributed by atoms with Crippen molar-refractivity contribution in [3.8, 4) is 11.1 Å². The first kappa shape index (κ1) is 12.2. The Morgan fingerprint density at radius 3 is 2.20 bits per heavy atom. The van der Waals surface area contributed by atoms with Crippen molar-refractivity contribution in [1.82, 2.24) is 0 Å². The third-order valence-electron chi connectivity index (χ3n) is 5.39. The molecule has 1 saturated carbocycles. The molecule has 0 N–H and O–H groups in total. The lowest BCUT2D eigenvalue weighted by Gasteiger charge is -2.37. The minimum absolute atomic E-state index is 0.433. The zero-order chi connectivity index (χ0) is 13.7. The summed E-state index contributed by atoms with van der Waals surface area (Å²) in [5, 5.41) is 0. The van der Waals surface area contributed by atoms with E-state index in [4.69, 9.17) is 0 Å². The van der Waals surface area contributed by atoms with Crippen molar-refractivity contribution in [2.24, 2.45) is 0 Å². The first-order valence-corrected chi connectivity index (χ1v) is 7.89. The molecule has 2 aliphatic rings. The third-order valence-corrected chi connectivity index (χ3v) is 5.39. The molecule has 4 rings (SSSR count). The van der Waals surface area contributed by atoms with Gasteiger partial charge in [-0.15, -0.1) is 0 Å². The molecular weight excluding hydrogens is 240 g/mol. The van der Waals surface area contributed by atoms with Crippen molar-refractivity contribution < 1.29 is 0 Å². The summed E-state index contributed by atoms with van der Waals surface area (Å²) in [6, 6.07) is 14.1. The fourth-order valence-corrected chi connectivity index (χ4v) is 4.42. The van der Waals surface area contributed by atoms with Crippen molar-refractivity contribution in [1.29, 1.82) is 0 Å². The summed E-state index contributed by atoms with van der Waals surface area (Å²) in [5.41, 5.74) is 9.41. The highest BCUT2D eigenvalue weighted by Crippen LogP contribution is 2.51. The normalized spacial score (nSPS) is 18.9. The van der Waals surface area contributed by atoms with Crippen LogP contribution in [0.1, 0.15) is 47.9 Å². The highest BCUT2D eigenvalue weighted by Gasteiger charge is 2.40. The molecule has 2 aromatic rings. The van der Waals surface area contributed by atoms with E-state index in [0.717, 1.165) is 0 Å². The fraction of sp³-hybridized carbons (Fsp3) is 0.400. The molecule has 0 heterocycles. The lowest BCUT2D eigenvalue weighted by Crippen LogP contribution is -2.29. The maximum absolute atomic E-state index is 2.46. The second-order valence-corrected chi connectivity index (χ2v) is 6.87. The van der Waals surface area contributed by atoms with Crippen LogP contribution in [0.15, 0.2) is 36.4 Å². The van der Waals surface area contributed by atoms with Crippen LogP contribution in [0.5, 0.6) is 0 Å². The van der Waals surface area contributed by atoms with E-state index in [0.29, 0.717) is 5.41 Å². The average Bonchev–Trinajstić information content (AvgIpc) is 2.88. The molecule has 20 heavy (non-hydrogen) atoms. The first-order valence-electron chi connectivity index (χ1n) is 7.89. The highest BCUT2D eigenvalue weighted by atomic mass is 14.4. The maximum Gasteiger partial charge on any atom is -0.0000185 e. The summed E-state index contributed by atoms with van der Waals surface area (Å²) < 4.78 is 0. The average molecular weight is 262 g/mol. The van der Waals surface area contributed by atoms with Gasteiger partial charge in [-0.1, -0.05) is 60.4 Å². The van der Waals surface area contributed by atoms with E-state index in [1.807, 2.05) is 0 Å². The molecule has 2 aromatic carbocycles. The van der Waals surface area contributed by atoms with Gasteiger partial charge >= 0.3 is 0 Å². The van der Waals surface area contributed by atoms with Crippen LogP contribution in [-0.2, 0) is 11.8 Å². The summed E-state index contributed by atoms with van der Waals surface area (Å²) >= 11 is 0. The van der Waals surface area contributed by atoms with Gasteiger partial charge < -0.3 is 0 Å². The van der Waals surface area contributed by atoms with Gasteiger partial charge in [-0.2, -0.15) is 0 Å². The van der Waals surface area contributed by atoms with Crippen LogP contribution in [0.3, 0.4) is 0 Å². The molecule has 0 radical (unpaired) electrons. The topological polar surface area (TPSA) is 0 Å². The van der Waals surface area contributed by atoms with E-state index in [9.17, 15) is 0 Å². The zero-order valence-corrected chi connectivity index (χ0v) is 12.5. The minimum Gasteiger partial charge on any atom is -0.0587 e. The summed E-state index contributed by atoms with van der Waals surface area (Å²) in [4.78, 5) is 0. The molecule has 1 fully saturated rings. The van der Waals surface area contributed by atoms with Crippen molar-refractivity contribution in [3.63, 3.8) is 0 Å². The first-order chi connectivity index (χ1) is 9.68. The number of rotatable bonds is 0. The summed E-state index contributed by atoms with van der Waals surface area (Å²) in [7, 11) is 0. The Hall–Kier alpha value is -1.56. The monoisotopic (exact) mass is 262 g/mol. The zero-order valence-electron chi connectivity index (χ0n) is 12.5. The Kier molecular flexibility index (Phi) is 2.57. The van der Waals surface area contributed by atoms with Gasteiger partial charge in [-0.3, -0.25) is 0 Å². The van der Waals surface area contributed by atoms with E-state index in [1.54, 1.807) is 11.1 Å². The lowest BCUT2D eigenvalue weighted by molar-refractivity contribution is 0.433. The molecule has 0 bridgehead atoms. The Balaban J connectivity index is 2.00. The molecule has 0 saturated heterocycles. The van der Waals surface area contributed by atoms with Crippen LogP contribution in [-0.4, -0.2) is 0 Å². The van der Waals surface area contributed by atoms with E-state index in [1.165, 1.54) is 54.4 Å². The van der Waals surface area contributed by atoms with Crippen LogP contribution >= 0.6 is 0 Å². The van der Waals surface area contributed by atoms with Crippen LogP contribution < -0.4 is 0 Å².